The van der Waals surface area contributed by atoms with Crippen LogP contribution >= 0.6 is 11.3 Å². The van der Waals surface area contributed by atoms with Gasteiger partial charge in [0.1, 0.15) is 0 Å². The molecule has 0 saturated carbocycles. The Morgan fingerprint density at radius 3 is 2.61 bits per heavy atom. The van der Waals surface area contributed by atoms with E-state index in [-0.39, 0.29) is 5.91 Å². The zero-order valence-corrected chi connectivity index (χ0v) is 14.9. The van der Waals surface area contributed by atoms with Crippen molar-refractivity contribution in [2.24, 2.45) is 0 Å². The van der Waals surface area contributed by atoms with Crippen LogP contribution < -0.4 is 0 Å². The van der Waals surface area contributed by atoms with Crippen LogP contribution in [0.5, 0.6) is 0 Å². The summed E-state index contributed by atoms with van der Waals surface area (Å²) in [5, 5.41) is 2.03. The lowest BCUT2D eigenvalue weighted by Crippen LogP contribution is -2.35. The Hall–Kier alpha value is -2.08. The highest BCUT2D eigenvalue weighted by molar-refractivity contribution is 7.09. The topological polar surface area (TPSA) is 51.5 Å². The molecule has 0 fully saturated rings. The number of thiophene rings is 1. The van der Waals surface area contributed by atoms with E-state index in [9.17, 15) is 9.59 Å². The average molecular weight is 334 g/mol. The van der Waals surface area contributed by atoms with Crippen molar-refractivity contribution in [2.45, 2.75) is 33.4 Å². The number of likely N-dealkylation sites (N-methyl/N-ethyl adjacent to an activating group) is 1. The third-order valence-electron chi connectivity index (χ3n) is 3.76. The summed E-state index contributed by atoms with van der Waals surface area (Å²) in [7, 11) is 3.28. The van der Waals surface area contributed by atoms with Crippen LogP contribution in [0.25, 0.3) is 0 Å². The predicted octanol–water partition coefficient (Wildman–Crippen LogP) is 2.85. The molecular formula is C17H22N2O3S. The van der Waals surface area contributed by atoms with Crippen LogP contribution in [0.2, 0.25) is 0 Å². The van der Waals surface area contributed by atoms with Crippen LogP contribution in [-0.4, -0.2) is 41.5 Å². The Morgan fingerprint density at radius 2 is 2.04 bits per heavy atom. The number of hydrogen-bond acceptors (Lipinski definition) is 4. The molecule has 0 aliphatic heterocycles. The molecular weight excluding hydrogens is 312 g/mol. The first kappa shape index (κ1) is 17.3. The Kier molecular flexibility index (Phi) is 5.26. The molecule has 2 aromatic rings. The van der Waals surface area contributed by atoms with Gasteiger partial charge in [0.2, 0.25) is 0 Å². The second kappa shape index (κ2) is 7.00. The number of carbonyl (C=O) groups excluding carboxylic acids is 2. The number of rotatable bonds is 5. The van der Waals surface area contributed by atoms with Crippen molar-refractivity contribution in [3.8, 4) is 0 Å². The number of hydrogen-bond donors (Lipinski definition) is 0. The van der Waals surface area contributed by atoms with Crippen molar-refractivity contribution in [2.75, 3.05) is 14.1 Å². The average Bonchev–Trinajstić information content (AvgIpc) is 3.09. The van der Waals surface area contributed by atoms with Gasteiger partial charge in [0.15, 0.2) is 6.10 Å². The fourth-order valence-electron chi connectivity index (χ4n) is 2.45. The lowest BCUT2D eigenvalue weighted by atomic mass is 10.2. The number of amides is 1. The number of aryl methyl sites for hydroxylation is 1. The quantitative estimate of drug-likeness (QED) is 0.790. The van der Waals surface area contributed by atoms with E-state index in [1.807, 2.05) is 31.4 Å². The van der Waals surface area contributed by atoms with Crippen LogP contribution in [0.1, 0.15) is 33.5 Å². The van der Waals surface area contributed by atoms with Crippen LogP contribution in [0.3, 0.4) is 0 Å². The van der Waals surface area contributed by atoms with Gasteiger partial charge in [0.25, 0.3) is 5.91 Å². The molecule has 2 rings (SSSR count). The van der Waals surface area contributed by atoms with E-state index in [0.717, 1.165) is 17.9 Å². The highest BCUT2D eigenvalue weighted by atomic mass is 32.1. The maximum absolute atomic E-state index is 12.4. The summed E-state index contributed by atoms with van der Waals surface area (Å²) >= 11 is 1.68. The fourth-order valence-corrected chi connectivity index (χ4v) is 3.14. The van der Waals surface area contributed by atoms with Gasteiger partial charge < -0.3 is 14.2 Å². The van der Waals surface area contributed by atoms with Gasteiger partial charge in [0.05, 0.1) is 12.1 Å². The molecule has 0 saturated heterocycles. The predicted molar refractivity (Wildman–Crippen MR) is 90.9 cm³/mol. The van der Waals surface area contributed by atoms with Gasteiger partial charge in [-0.2, -0.15) is 0 Å². The van der Waals surface area contributed by atoms with Gasteiger partial charge in [0, 0.05) is 30.4 Å². The van der Waals surface area contributed by atoms with Gasteiger partial charge in [-0.05, 0) is 38.3 Å². The highest BCUT2D eigenvalue weighted by Gasteiger charge is 2.23. The van der Waals surface area contributed by atoms with Crippen molar-refractivity contribution >= 4 is 23.2 Å². The van der Waals surface area contributed by atoms with Crippen molar-refractivity contribution in [3.05, 3.63) is 45.4 Å². The summed E-state index contributed by atoms with van der Waals surface area (Å²) in [6.07, 6.45) is -0.794. The normalized spacial score (nSPS) is 12.0. The van der Waals surface area contributed by atoms with Crippen LogP contribution in [0.4, 0.5) is 0 Å². The van der Waals surface area contributed by atoms with Crippen molar-refractivity contribution < 1.29 is 14.3 Å². The summed E-state index contributed by atoms with van der Waals surface area (Å²) < 4.78 is 7.39. The largest absolute Gasteiger partial charge is 0.449 e. The SMILES string of the molecule is Cc1cc(C(=O)O[C@H](C)C(=O)N(C)C)c(C)n1Cc1cccs1. The van der Waals surface area contributed by atoms with E-state index >= 15 is 0 Å². The summed E-state index contributed by atoms with van der Waals surface area (Å²) in [4.78, 5) is 26.8. The molecule has 0 spiro atoms. The fraction of sp³-hybridized carbons (Fsp3) is 0.412. The van der Waals surface area contributed by atoms with Crippen molar-refractivity contribution in [3.63, 3.8) is 0 Å². The third kappa shape index (κ3) is 3.82. The Labute approximate surface area is 140 Å². The smallest absolute Gasteiger partial charge is 0.340 e. The van der Waals surface area contributed by atoms with Crippen LogP contribution in [0.15, 0.2) is 23.6 Å². The van der Waals surface area contributed by atoms with E-state index in [4.69, 9.17) is 4.74 Å². The number of nitrogens with zero attached hydrogens (tertiary/aromatic N) is 2. The third-order valence-corrected chi connectivity index (χ3v) is 4.62. The molecule has 0 aliphatic carbocycles. The Balaban J connectivity index is 2.17. The monoisotopic (exact) mass is 334 g/mol. The Bertz CT molecular complexity index is 702. The molecule has 0 aromatic carbocycles. The van der Waals surface area contributed by atoms with Gasteiger partial charge in [-0.25, -0.2) is 4.79 Å². The molecule has 1 atom stereocenters. The minimum Gasteiger partial charge on any atom is -0.449 e. The van der Waals surface area contributed by atoms with Crippen LogP contribution in [-0.2, 0) is 16.1 Å². The van der Waals surface area contributed by atoms with Gasteiger partial charge in [-0.3, -0.25) is 4.79 Å². The van der Waals surface area contributed by atoms with Crippen molar-refractivity contribution in [1.82, 2.24) is 9.47 Å². The number of carbonyl (C=O) groups is 2. The van der Waals surface area contributed by atoms with Gasteiger partial charge >= 0.3 is 5.97 Å². The maximum Gasteiger partial charge on any atom is 0.340 e. The van der Waals surface area contributed by atoms with Gasteiger partial charge in [-0.15, -0.1) is 11.3 Å². The molecule has 5 nitrogen and oxygen atoms in total. The number of esters is 1. The zero-order chi connectivity index (χ0) is 17.1. The minimum absolute atomic E-state index is 0.231. The molecule has 0 bridgehead atoms. The van der Waals surface area contributed by atoms with E-state index in [1.165, 1.54) is 9.78 Å². The van der Waals surface area contributed by atoms with E-state index in [1.54, 1.807) is 32.4 Å². The second-order valence-corrected chi connectivity index (χ2v) is 6.76. The first-order valence-corrected chi connectivity index (χ1v) is 8.30. The standard InChI is InChI=1S/C17H22N2O3S/c1-11-9-15(17(21)22-13(3)16(20)18(4)5)12(2)19(11)10-14-7-6-8-23-14/h6-9,13H,10H2,1-5H3/t13-/m1/s1. The number of aromatic nitrogens is 1. The minimum atomic E-state index is -0.794. The molecule has 0 radical (unpaired) electrons. The van der Waals surface area contributed by atoms with E-state index < -0.39 is 12.1 Å². The first-order chi connectivity index (χ1) is 10.8. The molecule has 2 aromatic heterocycles. The van der Waals surface area contributed by atoms with E-state index in [2.05, 4.69) is 10.6 Å². The molecule has 0 unspecified atom stereocenters. The molecule has 124 valence electrons. The summed E-state index contributed by atoms with van der Waals surface area (Å²) in [6.45, 7) is 6.18. The lowest BCUT2D eigenvalue weighted by molar-refractivity contribution is -0.137. The highest BCUT2D eigenvalue weighted by Crippen LogP contribution is 2.20. The van der Waals surface area contributed by atoms with Crippen molar-refractivity contribution in [1.29, 1.82) is 0 Å². The van der Waals surface area contributed by atoms with Gasteiger partial charge in [-0.1, -0.05) is 6.07 Å². The second-order valence-electron chi connectivity index (χ2n) is 5.73. The Morgan fingerprint density at radius 1 is 1.35 bits per heavy atom. The molecule has 0 aliphatic rings. The number of ether oxygens (including phenoxy) is 1. The zero-order valence-electron chi connectivity index (χ0n) is 14.1. The summed E-state index contributed by atoms with van der Waals surface area (Å²) in [5.41, 5.74) is 2.36. The molecule has 0 N–H and O–H groups in total. The summed E-state index contributed by atoms with van der Waals surface area (Å²) in [6, 6.07) is 5.90. The summed E-state index contributed by atoms with van der Waals surface area (Å²) in [5.74, 6) is -0.691. The first-order valence-electron chi connectivity index (χ1n) is 7.42. The molecule has 23 heavy (non-hydrogen) atoms. The lowest BCUT2D eigenvalue weighted by Gasteiger charge is -2.17. The van der Waals surface area contributed by atoms with E-state index in [0.29, 0.717) is 5.56 Å². The molecule has 1 amide bonds. The molecule has 6 heteroatoms. The maximum atomic E-state index is 12.4. The molecule has 2 heterocycles. The van der Waals surface area contributed by atoms with Crippen LogP contribution in [0, 0.1) is 13.8 Å².